The molecule has 0 radical (unpaired) electrons. The van der Waals surface area contributed by atoms with Crippen molar-refractivity contribution in [2.75, 3.05) is 0 Å². The van der Waals surface area contributed by atoms with Crippen molar-refractivity contribution in [1.29, 1.82) is 0 Å². The molecule has 1 N–H and O–H groups in total. The zero-order valence-corrected chi connectivity index (χ0v) is 14.2. The molecule has 2 aromatic carbocycles. The van der Waals surface area contributed by atoms with E-state index in [-0.39, 0.29) is 17.9 Å². The molecule has 3 rings (SSSR count). The third kappa shape index (κ3) is 4.00. The summed E-state index contributed by atoms with van der Waals surface area (Å²) in [6.07, 6.45) is -4.04. The Morgan fingerprint density at radius 1 is 1.11 bits per heavy atom. The smallest absolute Gasteiger partial charge is 0.348 e. The molecule has 1 amide bonds. The van der Waals surface area contributed by atoms with Gasteiger partial charge in [-0.05, 0) is 17.7 Å². The number of benzene rings is 2. The van der Waals surface area contributed by atoms with Crippen LogP contribution in [0, 0.1) is 10.1 Å². The molecule has 3 aromatic rings. The Morgan fingerprint density at radius 3 is 2.32 bits per heavy atom. The summed E-state index contributed by atoms with van der Waals surface area (Å²) in [6, 6.07) is 13.1. The van der Waals surface area contributed by atoms with E-state index in [9.17, 15) is 28.1 Å². The summed E-state index contributed by atoms with van der Waals surface area (Å²) in [5, 5.41) is 16.8. The van der Waals surface area contributed by atoms with E-state index in [4.69, 9.17) is 0 Å². The predicted molar refractivity (Wildman–Crippen MR) is 92.8 cm³/mol. The highest BCUT2D eigenvalue weighted by Gasteiger charge is 2.40. The van der Waals surface area contributed by atoms with Gasteiger partial charge in [0.05, 0.1) is 22.4 Å². The van der Waals surface area contributed by atoms with E-state index in [1.807, 2.05) is 0 Å². The summed E-state index contributed by atoms with van der Waals surface area (Å²) in [5.74, 6) is -0.927. The van der Waals surface area contributed by atoms with Crippen LogP contribution < -0.4 is 5.32 Å². The molecule has 0 aliphatic rings. The molecule has 28 heavy (non-hydrogen) atoms. The van der Waals surface area contributed by atoms with Crippen LogP contribution in [0.2, 0.25) is 0 Å². The molecule has 1 heterocycles. The third-order valence-corrected chi connectivity index (χ3v) is 3.88. The number of carbonyl (C=O) groups excluding carboxylic acids is 1. The molecule has 0 spiro atoms. The van der Waals surface area contributed by atoms with E-state index in [1.165, 1.54) is 0 Å². The van der Waals surface area contributed by atoms with Crippen molar-refractivity contribution in [3.8, 4) is 5.69 Å². The molecule has 7 nitrogen and oxygen atoms in total. The van der Waals surface area contributed by atoms with Crippen LogP contribution in [0.5, 0.6) is 0 Å². The lowest BCUT2D eigenvalue weighted by Crippen LogP contribution is -2.26. The molecule has 0 saturated heterocycles. The second-order valence-corrected chi connectivity index (χ2v) is 5.76. The van der Waals surface area contributed by atoms with Crippen molar-refractivity contribution in [2.24, 2.45) is 0 Å². The predicted octanol–water partition coefficient (Wildman–Crippen LogP) is 3.73. The first kappa shape index (κ1) is 19.1. The number of nitro benzene ring substituents is 1. The number of carbonyl (C=O) groups is 1. The van der Waals surface area contributed by atoms with Crippen LogP contribution in [0.15, 0.2) is 60.8 Å². The van der Waals surface area contributed by atoms with Gasteiger partial charge in [-0.3, -0.25) is 14.9 Å². The number of non-ortho nitro benzene ring substituents is 1. The minimum atomic E-state index is -4.86. The molecule has 0 aliphatic heterocycles. The summed E-state index contributed by atoms with van der Waals surface area (Å²) in [4.78, 5) is 22.4. The summed E-state index contributed by atoms with van der Waals surface area (Å²) in [5.41, 5.74) is -1.49. The molecule has 10 heteroatoms. The maximum atomic E-state index is 13.6. The number of amides is 1. The lowest BCUT2D eigenvalue weighted by atomic mass is 10.2. The highest BCUT2D eigenvalue weighted by atomic mass is 19.4. The largest absolute Gasteiger partial charge is 0.434 e. The van der Waals surface area contributed by atoms with E-state index in [1.54, 1.807) is 30.3 Å². The Morgan fingerprint density at radius 2 is 1.75 bits per heavy atom. The van der Waals surface area contributed by atoms with E-state index >= 15 is 0 Å². The van der Waals surface area contributed by atoms with Crippen molar-refractivity contribution < 1.29 is 22.9 Å². The van der Waals surface area contributed by atoms with E-state index in [0.717, 1.165) is 36.0 Å². The molecule has 0 bridgehead atoms. The van der Waals surface area contributed by atoms with Crippen LogP contribution in [0.4, 0.5) is 18.9 Å². The highest BCUT2D eigenvalue weighted by Crippen LogP contribution is 2.34. The van der Waals surface area contributed by atoms with Crippen LogP contribution >= 0.6 is 0 Å². The van der Waals surface area contributed by atoms with Gasteiger partial charge in [-0.2, -0.15) is 18.3 Å². The molecular formula is C18H13F3N4O3. The zero-order valence-electron chi connectivity index (χ0n) is 14.2. The normalized spacial score (nSPS) is 11.2. The number of halogens is 3. The Hall–Kier alpha value is -3.69. The van der Waals surface area contributed by atoms with Crippen molar-refractivity contribution in [3.63, 3.8) is 0 Å². The fourth-order valence-corrected chi connectivity index (χ4v) is 2.57. The fourth-order valence-electron chi connectivity index (χ4n) is 2.57. The van der Waals surface area contributed by atoms with Crippen LogP contribution in [-0.4, -0.2) is 20.6 Å². The summed E-state index contributed by atoms with van der Waals surface area (Å²) in [6.45, 7) is 0.0552. The molecular weight excluding hydrogens is 377 g/mol. The van der Waals surface area contributed by atoms with Crippen LogP contribution in [0.3, 0.4) is 0 Å². The lowest BCUT2D eigenvalue weighted by molar-refractivity contribution is -0.384. The molecule has 0 fully saturated rings. The second-order valence-electron chi connectivity index (χ2n) is 5.76. The van der Waals surface area contributed by atoms with E-state index < -0.39 is 28.3 Å². The van der Waals surface area contributed by atoms with Crippen molar-refractivity contribution in [1.82, 2.24) is 15.1 Å². The average molecular weight is 390 g/mol. The van der Waals surface area contributed by atoms with Crippen molar-refractivity contribution in [2.45, 2.75) is 12.7 Å². The van der Waals surface area contributed by atoms with Gasteiger partial charge in [0, 0.05) is 18.7 Å². The van der Waals surface area contributed by atoms with Gasteiger partial charge < -0.3 is 5.32 Å². The van der Waals surface area contributed by atoms with Crippen molar-refractivity contribution in [3.05, 3.63) is 87.7 Å². The number of hydrogen-bond acceptors (Lipinski definition) is 4. The number of nitro groups is 1. The number of nitrogens with one attached hydrogen (secondary N) is 1. The van der Waals surface area contributed by atoms with Gasteiger partial charge >= 0.3 is 6.18 Å². The molecule has 0 atom stereocenters. The first-order chi connectivity index (χ1) is 13.3. The number of aromatic nitrogens is 2. The fraction of sp³-hybridized carbons (Fsp3) is 0.111. The molecule has 144 valence electrons. The van der Waals surface area contributed by atoms with Gasteiger partial charge in [-0.15, -0.1) is 0 Å². The second kappa shape index (κ2) is 7.51. The SMILES string of the molecule is O=C(NCc1ccccc1)c1cnn(-c2ccc([N+](=O)[O-])cc2)c1C(F)(F)F. The van der Waals surface area contributed by atoms with Gasteiger partial charge in [-0.1, -0.05) is 30.3 Å². The summed E-state index contributed by atoms with van der Waals surface area (Å²) >= 11 is 0. The Bertz CT molecular complexity index is 999. The van der Waals surface area contributed by atoms with Gasteiger partial charge in [0.25, 0.3) is 11.6 Å². The number of nitrogens with zero attached hydrogens (tertiary/aromatic N) is 3. The number of hydrogen-bond donors (Lipinski definition) is 1. The topological polar surface area (TPSA) is 90.1 Å². The number of alkyl halides is 3. The minimum Gasteiger partial charge on any atom is -0.348 e. The molecule has 0 unspecified atom stereocenters. The third-order valence-electron chi connectivity index (χ3n) is 3.88. The van der Waals surface area contributed by atoms with Gasteiger partial charge in [0.15, 0.2) is 5.69 Å². The first-order valence-corrected chi connectivity index (χ1v) is 7.99. The maximum absolute atomic E-state index is 13.6. The standard InChI is InChI=1S/C18H13F3N4O3/c19-18(20,21)16-15(17(26)22-10-12-4-2-1-3-5-12)11-23-24(16)13-6-8-14(9-7-13)25(27)28/h1-9,11H,10H2,(H,22,26). The van der Waals surface area contributed by atoms with Gasteiger partial charge in [0.1, 0.15) is 0 Å². The monoisotopic (exact) mass is 390 g/mol. The van der Waals surface area contributed by atoms with Crippen LogP contribution in [0.25, 0.3) is 5.69 Å². The molecule has 0 aliphatic carbocycles. The summed E-state index contributed by atoms with van der Waals surface area (Å²) in [7, 11) is 0. The maximum Gasteiger partial charge on any atom is 0.434 e. The van der Waals surface area contributed by atoms with Gasteiger partial charge in [0.2, 0.25) is 0 Å². The average Bonchev–Trinajstić information content (AvgIpc) is 3.13. The van der Waals surface area contributed by atoms with E-state index in [0.29, 0.717) is 4.68 Å². The zero-order chi connectivity index (χ0) is 20.3. The van der Waals surface area contributed by atoms with Crippen molar-refractivity contribution >= 4 is 11.6 Å². The first-order valence-electron chi connectivity index (χ1n) is 7.99. The lowest BCUT2D eigenvalue weighted by Gasteiger charge is -2.13. The highest BCUT2D eigenvalue weighted by molar-refractivity contribution is 5.95. The Labute approximate surface area is 156 Å². The molecule has 0 saturated carbocycles. The number of rotatable bonds is 5. The minimum absolute atomic E-state index is 0.0552. The van der Waals surface area contributed by atoms with Crippen LogP contribution in [-0.2, 0) is 12.7 Å². The van der Waals surface area contributed by atoms with Crippen LogP contribution in [0.1, 0.15) is 21.6 Å². The summed E-state index contributed by atoms with van der Waals surface area (Å²) < 4.78 is 41.4. The van der Waals surface area contributed by atoms with Gasteiger partial charge in [-0.25, -0.2) is 4.68 Å². The quantitative estimate of drug-likeness (QED) is 0.531. The Balaban J connectivity index is 1.92. The van der Waals surface area contributed by atoms with E-state index in [2.05, 4.69) is 10.4 Å². The Kier molecular flexibility index (Phi) is 5.12. The molecule has 1 aromatic heterocycles.